The van der Waals surface area contributed by atoms with Crippen LogP contribution in [-0.4, -0.2) is 36.5 Å². The number of sulfonamides is 1. The van der Waals surface area contributed by atoms with Crippen LogP contribution in [0.4, 0.5) is 0 Å². The van der Waals surface area contributed by atoms with Gasteiger partial charge in [-0.15, -0.1) is 11.3 Å². The van der Waals surface area contributed by atoms with Gasteiger partial charge in [-0.25, -0.2) is 18.1 Å². The molecule has 0 radical (unpaired) electrons. The van der Waals surface area contributed by atoms with Crippen molar-refractivity contribution in [1.82, 2.24) is 19.6 Å². The Labute approximate surface area is 161 Å². The number of imidazole rings is 1. The molecule has 1 fully saturated rings. The Balaban J connectivity index is 1.44. The molecule has 1 saturated carbocycles. The topological polar surface area (TPSA) is 93.1 Å². The maximum absolute atomic E-state index is 12.5. The molecule has 2 heterocycles. The predicted octanol–water partition coefficient (Wildman–Crippen LogP) is 2.28. The molecule has 27 heavy (non-hydrogen) atoms. The summed E-state index contributed by atoms with van der Waals surface area (Å²) < 4.78 is 29.5. The Morgan fingerprint density at radius 3 is 2.85 bits per heavy atom. The van der Waals surface area contributed by atoms with Crippen LogP contribution in [0.3, 0.4) is 0 Å². The van der Waals surface area contributed by atoms with Crippen molar-refractivity contribution in [1.29, 1.82) is 0 Å². The average Bonchev–Trinajstić information content (AvgIpc) is 3.18. The third-order valence-electron chi connectivity index (χ3n) is 4.49. The molecule has 3 aromatic rings. The van der Waals surface area contributed by atoms with Gasteiger partial charge in [0.2, 0.25) is 10.0 Å². The van der Waals surface area contributed by atoms with Gasteiger partial charge < -0.3 is 9.88 Å². The monoisotopic (exact) mass is 404 g/mol. The van der Waals surface area contributed by atoms with E-state index in [4.69, 9.17) is 0 Å². The number of rotatable bonds is 7. The first-order valence-electron chi connectivity index (χ1n) is 8.75. The van der Waals surface area contributed by atoms with Crippen molar-refractivity contribution in [2.75, 3.05) is 6.54 Å². The second-order valence-corrected chi connectivity index (χ2v) is 9.16. The molecular weight excluding hydrogens is 384 g/mol. The van der Waals surface area contributed by atoms with Gasteiger partial charge in [-0.2, -0.15) is 0 Å². The Bertz CT molecular complexity index is 1100. The van der Waals surface area contributed by atoms with Gasteiger partial charge >= 0.3 is 0 Å². The Morgan fingerprint density at radius 1 is 1.30 bits per heavy atom. The number of amides is 1. The zero-order valence-electron chi connectivity index (χ0n) is 14.8. The number of hydrogen-bond acceptors (Lipinski definition) is 5. The second-order valence-electron chi connectivity index (χ2n) is 6.56. The molecule has 0 spiro atoms. The lowest BCUT2D eigenvalue weighted by Gasteiger charge is -2.10. The smallest absolute Gasteiger partial charge is 0.262 e. The number of para-hydroxylation sites is 2. The van der Waals surface area contributed by atoms with E-state index in [0.717, 1.165) is 41.0 Å². The van der Waals surface area contributed by atoms with Crippen LogP contribution < -0.4 is 10.0 Å². The van der Waals surface area contributed by atoms with Gasteiger partial charge in [-0.05, 0) is 43.3 Å². The lowest BCUT2D eigenvalue weighted by Crippen LogP contribution is -2.30. The number of benzene rings is 1. The van der Waals surface area contributed by atoms with E-state index in [1.807, 2.05) is 35.8 Å². The molecule has 1 amide bonds. The van der Waals surface area contributed by atoms with Crippen molar-refractivity contribution in [2.24, 2.45) is 0 Å². The minimum Gasteiger partial charge on any atom is -0.350 e. The normalized spacial score (nSPS) is 14.6. The van der Waals surface area contributed by atoms with Gasteiger partial charge in [0.1, 0.15) is 15.6 Å². The highest BCUT2D eigenvalue weighted by Gasteiger charge is 2.31. The molecule has 4 rings (SSSR count). The molecule has 2 N–H and O–H groups in total. The molecule has 9 heteroatoms. The van der Waals surface area contributed by atoms with Crippen LogP contribution in [0.2, 0.25) is 0 Å². The van der Waals surface area contributed by atoms with Gasteiger partial charge in [-0.3, -0.25) is 4.79 Å². The van der Waals surface area contributed by atoms with E-state index in [2.05, 4.69) is 15.0 Å². The van der Waals surface area contributed by atoms with Crippen LogP contribution >= 0.6 is 11.3 Å². The number of carbonyl (C=O) groups excluding carboxylic acids is 1. The summed E-state index contributed by atoms with van der Waals surface area (Å²) in [6.45, 7) is 2.87. The average molecular weight is 405 g/mol. The van der Waals surface area contributed by atoms with E-state index in [1.165, 1.54) is 6.07 Å². The number of aromatic nitrogens is 2. The molecule has 1 aromatic carbocycles. The number of hydrogen-bond donors (Lipinski definition) is 2. The zero-order chi connectivity index (χ0) is 19.0. The molecule has 0 atom stereocenters. The van der Waals surface area contributed by atoms with E-state index >= 15 is 0 Å². The number of fused-ring (bicyclic) bond motifs is 1. The fourth-order valence-corrected chi connectivity index (χ4v) is 5.65. The molecular formula is C18H20N4O3S2. The summed E-state index contributed by atoms with van der Waals surface area (Å²) in [5.41, 5.74) is 1.93. The Morgan fingerprint density at radius 2 is 2.07 bits per heavy atom. The number of aryl methyl sites for hydroxylation is 1. The van der Waals surface area contributed by atoms with Crippen LogP contribution in [0.25, 0.3) is 11.0 Å². The zero-order valence-corrected chi connectivity index (χ0v) is 16.4. The molecule has 0 bridgehead atoms. The minimum absolute atomic E-state index is 0.00306. The van der Waals surface area contributed by atoms with Gasteiger partial charge in [0, 0.05) is 19.1 Å². The summed E-state index contributed by atoms with van der Waals surface area (Å²) in [6.07, 6.45) is 1.70. The maximum Gasteiger partial charge on any atom is 0.262 e. The number of nitrogens with zero attached hydrogens (tertiary/aromatic N) is 2. The highest BCUT2D eigenvalue weighted by atomic mass is 32.2. The Hall–Kier alpha value is -2.23. The SMILES string of the molecule is Cc1nc2ccccc2n1CCNC(=O)c1sccc1S(=O)(=O)NC1CC1. The molecule has 0 aliphatic heterocycles. The fourth-order valence-electron chi connectivity index (χ4n) is 3.00. The second kappa shape index (κ2) is 7.06. The van der Waals surface area contributed by atoms with Crippen molar-refractivity contribution < 1.29 is 13.2 Å². The first-order valence-corrected chi connectivity index (χ1v) is 11.1. The summed E-state index contributed by atoms with van der Waals surface area (Å²) in [7, 11) is -3.65. The molecule has 142 valence electrons. The van der Waals surface area contributed by atoms with Crippen molar-refractivity contribution in [3.8, 4) is 0 Å². The van der Waals surface area contributed by atoms with E-state index in [0.29, 0.717) is 13.1 Å². The van der Waals surface area contributed by atoms with E-state index in [1.54, 1.807) is 5.38 Å². The molecule has 1 aliphatic rings. The van der Waals surface area contributed by atoms with Crippen LogP contribution in [-0.2, 0) is 16.6 Å². The first kappa shape index (κ1) is 18.1. The standard InChI is InChI=1S/C18H20N4O3S2/c1-12-20-14-4-2-3-5-15(14)22(12)10-9-19-18(23)17-16(8-11-26-17)27(24,25)21-13-6-7-13/h2-5,8,11,13,21H,6-7,9-10H2,1H3,(H,19,23). The van der Waals surface area contributed by atoms with Crippen molar-refractivity contribution >= 4 is 38.3 Å². The van der Waals surface area contributed by atoms with Gasteiger partial charge in [0.25, 0.3) is 5.91 Å². The maximum atomic E-state index is 12.5. The van der Waals surface area contributed by atoms with Gasteiger partial charge in [-0.1, -0.05) is 12.1 Å². The molecule has 7 nitrogen and oxygen atoms in total. The molecule has 2 aromatic heterocycles. The quantitative estimate of drug-likeness (QED) is 0.632. The van der Waals surface area contributed by atoms with Crippen LogP contribution in [0.5, 0.6) is 0 Å². The van der Waals surface area contributed by atoms with Crippen LogP contribution in [0.15, 0.2) is 40.6 Å². The lowest BCUT2D eigenvalue weighted by molar-refractivity contribution is 0.0953. The third kappa shape index (κ3) is 3.76. The molecule has 0 saturated heterocycles. The fraction of sp³-hybridized carbons (Fsp3) is 0.333. The van der Waals surface area contributed by atoms with Crippen molar-refractivity contribution in [3.63, 3.8) is 0 Å². The van der Waals surface area contributed by atoms with Crippen molar-refractivity contribution in [2.45, 2.75) is 37.2 Å². The summed E-state index contributed by atoms with van der Waals surface area (Å²) in [6, 6.07) is 9.32. The molecule has 0 unspecified atom stereocenters. The highest BCUT2D eigenvalue weighted by Crippen LogP contribution is 2.26. The van der Waals surface area contributed by atoms with Crippen LogP contribution in [0.1, 0.15) is 28.3 Å². The van der Waals surface area contributed by atoms with Crippen LogP contribution in [0, 0.1) is 6.92 Å². The Kier molecular flexibility index (Phi) is 4.75. The van der Waals surface area contributed by atoms with E-state index in [9.17, 15) is 13.2 Å². The molecule has 1 aliphatic carbocycles. The van der Waals surface area contributed by atoms with E-state index in [-0.39, 0.29) is 21.7 Å². The van der Waals surface area contributed by atoms with Crippen molar-refractivity contribution in [3.05, 3.63) is 46.4 Å². The largest absolute Gasteiger partial charge is 0.350 e. The van der Waals surface area contributed by atoms with Gasteiger partial charge in [0.15, 0.2) is 0 Å². The summed E-state index contributed by atoms with van der Waals surface area (Å²) in [5, 5.41) is 4.46. The summed E-state index contributed by atoms with van der Waals surface area (Å²) in [4.78, 5) is 17.3. The predicted molar refractivity (Wildman–Crippen MR) is 104 cm³/mol. The number of thiophene rings is 1. The lowest BCUT2D eigenvalue weighted by atomic mass is 10.3. The highest BCUT2D eigenvalue weighted by molar-refractivity contribution is 7.89. The third-order valence-corrected chi connectivity index (χ3v) is 7.10. The first-order chi connectivity index (χ1) is 13.0. The van der Waals surface area contributed by atoms with Gasteiger partial charge in [0.05, 0.1) is 11.0 Å². The summed E-state index contributed by atoms with van der Waals surface area (Å²) >= 11 is 1.14. The minimum atomic E-state index is -3.65. The summed E-state index contributed by atoms with van der Waals surface area (Å²) in [5.74, 6) is 0.502. The number of carbonyl (C=O) groups is 1. The number of nitrogens with one attached hydrogen (secondary N) is 2. The van der Waals surface area contributed by atoms with E-state index < -0.39 is 10.0 Å².